The summed E-state index contributed by atoms with van der Waals surface area (Å²) in [6.07, 6.45) is 7.06. The van der Waals surface area contributed by atoms with Gasteiger partial charge in [-0.25, -0.2) is 0 Å². The van der Waals surface area contributed by atoms with Crippen molar-refractivity contribution in [1.82, 2.24) is 14.8 Å². The number of nitrogens with zero attached hydrogens (tertiary/aromatic N) is 4. The minimum atomic E-state index is -0.818. The van der Waals surface area contributed by atoms with Crippen molar-refractivity contribution in [3.8, 4) is 17.2 Å². The van der Waals surface area contributed by atoms with Crippen LogP contribution in [0.25, 0.3) is 11.1 Å². The van der Waals surface area contributed by atoms with Gasteiger partial charge in [-0.2, -0.15) is 0 Å². The molecule has 3 heterocycles. The van der Waals surface area contributed by atoms with E-state index >= 15 is 0 Å². The van der Waals surface area contributed by atoms with Gasteiger partial charge < -0.3 is 0 Å². The van der Waals surface area contributed by atoms with E-state index in [4.69, 9.17) is 4.74 Å². The van der Waals surface area contributed by atoms with Crippen LogP contribution in [0.15, 0.2) is 24.5 Å². The van der Waals surface area contributed by atoms with Gasteiger partial charge in [-0.1, -0.05) is 0 Å². The third-order valence-electron chi connectivity index (χ3n) is 3.87. The molecule has 24 heavy (non-hydrogen) atoms. The molecule has 0 aromatic carbocycles. The van der Waals surface area contributed by atoms with E-state index in [1.54, 1.807) is 6.20 Å². The molecule has 1 aliphatic heterocycles. The molecule has 0 N–H and O–H groups in total. The van der Waals surface area contributed by atoms with E-state index in [-0.39, 0.29) is 6.23 Å². The predicted molar refractivity (Wildman–Crippen MR) is 94.1 cm³/mol. The molecule has 0 spiro atoms. The van der Waals surface area contributed by atoms with Crippen LogP contribution in [0.2, 0.25) is 3.43 Å². The van der Waals surface area contributed by atoms with Crippen molar-refractivity contribution in [3.05, 3.63) is 30.2 Å². The molecule has 2 radical (unpaired) electrons. The SMILES string of the molecule is C[C](C)(C)[Sn][c]1ccc(-c2cnn(C3CCCCO3)c2)c(C#N)n1. The zero-order valence-corrected chi connectivity index (χ0v) is 17.3. The second kappa shape index (κ2) is 7.24. The quantitative estimate of drug-likeness (QED) is 0.704. The number of hydrogen-bond donors (Lipinski definition) is 0. The second-order valence-corrected chi connectivity index (χ2v) is 13.6. The van der Waals surface area contributed by atoms with E-state index in [1.807, 2.05) is 16.9 Å². The van der Waals surface area contributed by atoms with Gasteiger partial charge in [0, 0.05) is 0 Å². The summed E-state index contributed by atoms with van der Waals surface area (Å²) in [5.41, 5.74) is 2.29. The zero-order chi connectivity index (χ0) is 17.2. The van der Waals surface area contributed by atoms with Crippen LogP contribution in [0.3, 0.4) is 0 Å². The molecule has 2 aromatic heterocycles. The van der Waals surface area contributed by atoms with Gasteiger partial charge >= 0.3 is 153 Å². The topological polar surface area (TPSA) is 63.7 Å². The summed E-state index contributed by atoms with van der Waals surface area (Å²) in [6.45, 7) is 7.52. The molecule has 1 atom stereocenters. The molecule has 5 nitrogen and oxygen atoms in total. The Labute approximate surface area is 153 Å². The average molecular weight is 429 g/mol. The van der Waals surface area contributed by atoms with Gasteiger partial charge in [-0.05, 0) is 0 Å². The maximum absolute atomic E-state index is 9.51. The van der Waals surface area contributed by atoms with E-state index in [0.29, 0.717) is 9.12 Å². The van der Waals surface area contributed by atoms with E-state index < -0.39 is 21.1 Å². The first-order chi connectivity index (χ1) is 11.5. The molecular weight excluding hydrogens is 407 g/mol. The van der Waals surface area contributed by atoms with Gasteiger partial charge in [-0.15, -0.1) is 0 Å². The van der Waals surface area contributed by atoms with Crippen molar-refractivity contribution in [3.63, 3.8) is 0 Å². The van der Waals surface area contributed by atoms with Crippen LogP contribution in [0.1, 0.15) is 52.0 Å². The van der Waals surface area contributed by atoms with Crippen molar-refractivity contribution >= 4 is 24.9 Å². The molecule has 3 rings (SSSR count). The molecule has 1 fully saturated rings. The summed E-state index contributed by atoms with van der Waals surface area (Å²) >= 11 is -0.818. The first kappa shape index (κ1) is 17.4. The van der Waals surface area contributed by atoms with Gasteiger partial charge in [-0.3, -0.25) is 0 Å². The van der Waals surface area contributed by atoms with Crippen molar-refractivity contribution in [1.29, 1.82) is 5.26 Å². The summed E-state index contributed by atoms with van der Waals surface area (Å²) in [5.74, 6) is 0. The van der Waals surface area contributed by atoms with Gasteiger partial charge in [0.15, 0.2) is 0 Å². The Balaban J connectivity index is 1.86. The Morgan fingerprint density at radius 2 is 2.17 bits per heavy atom. The molecule has 1 saturated heterocycles. The summed E-state index contributed by atoms with van der Waals surface area (Å²) in [5, 5.41) is 14.0. The van der Waals surface area contributed by atoms with Gasteiger partial charge in [0.1, 0.15) is 0 Å². The number of ether oxygens (including phenoxy) is 1. The summed E-state index contributed by atoms with van der Waals surface area (Å²) in [6, 6.07) is 6.37. The first-order valence-electron chi connectivity index (χ1n) is 8.32. The number of aromatic nitrogens is 3. The number of nitriles is 1. The first-order valence-corrected chi connectivity index (χ1v) is 11.2. The molecular formula is C18H22N4OSn. The van der Waals surface area contributed by atoms with Crippen LogP contribution in [0, 0.1) is 11.3 Å². The summed E-state index contributed by atoms with van der Waals surface area (Å²) in [4.78, 5) is 4.62. The van der Waals surface area contributed by atoms with Crippen LogP contribution in [-0.2, 0) is 4.74 Å². The molecule has 6 heteroatoms. The Morgan fingerprint density at radius 3 is 2.83 bits per heavy atom. The molecule has 1 unspecified atom stereocenters. The molecule has 124 valence electrons. The van der Waals surface area contributed by atoms with Crippen LogP contribution >= 0.6 is 0 Å². The number of pyridine rings is 1. The Kier molecular flexibility index (Phi) is 5.26. The average Bonchev–Trinajstić information content (AvgIpc) is 3.04. The van der Waals surface area contributed by atoms with Gasteiger partial charge in [0.25, 0.3) is 0 Å². The molecule has 0 amide bonds. The van der Waals surface area contributed by atoms with Crippen LogP contribution < -0.4 is 3.71 Å². The molecule has 0 saturated carbocycles. The zero-order valence-electron chi connectivity index (χ0n) is 14.4. The van der Waals surface area contributed by atoms with Crippen molar-refractivity contribution in [2.24, 2.45) is 0 Å². The number of hydrogen-bond acceptors (Lipinski definition) is 4. The fourth-order valence-corrected chi connectivity index (χ4v) is 5.95. The Bertz CT molecular complexity index is 751. The Hall–Kier alpha value is -1.39. The third kappa shape index (κ3) is 4.17. The fourth-order valence-electron chi connectivity index (χ4n) is 2.80. The van der Waals surface area contributed by atoms with E-state index in [9.17, 15) is 5.26 Å². The monoisotopic (exact) mass is 430 g/mol. The van der Waals surface area contributed by atoms with Crippen molar-refractivity contribution < 1.29 is 4.74 Å². The predicted octanol–water partition coefficient (Wildman–Crippen LogP) is 3.06. The summed E-state index contributed by atoms with van der Waals surface area (Å²) in [7, 11) is 0. The minimum absolute atomic E-state index is 0.0141. The normalized spacial score (nSPS) is 18.3. The van der Waals surface area contributed by atoms with Gasteiger partial charge in [0.05, 0.1) is 0 Å². The molecule has 0 aliphatic carbocycles. The standard InChI is InChI=1S/C14H13N4O.C4H9.Sn/c15-8-13-12(4-3-6-16-13)11-9-17-18(10-11)14-5-1-2-7-19-14;1-4(2)3;/h3-4,9-10,14H,1-2,5,7H2;1-3H3;. The van der Waals surface area contributed by atoms with E-state index in [2.05, 4.69) is 43.0 Å². The maximum atomic E-state index is 9.51. The van der Waals surface area contributed by atoms with Crippen LogP contribution in [-0.4, -0.2) is 42.5 Å². The van der Waals surface area contributed by atoms with E-state index in [0.717, 1.165) is 40.7 Å². The molecule has 0 bridgehead atoms. The van der Waals surface area contributed by atoms with Crippen LogP contribution in [0.4, 0.5) is 0 Å². The van der Waals surface area contributed by atoms with E-state index in [1.165, 1.54) is 0 Å². The third-order valence-corrected chi connectivity index (χ3v) is 7.53. The van der Waals surface area contributed by atoms with Crippen molar-refractivity contribution in [2.45, 2.75) is 49.7 Å². The second-order valence-electron chi connectivity index (χ2n) is 7.11. The van der Waals surface area contributed by atoms with Crippen LogP contribution in [0.5, 0.6) is 0 Å². The molecule has 2 aromatic rings. The summed E-state index contributed by atoms with van der Waals surface area (Å²) < 4.78 is 9.07. The molecule has 1 aliphatic rings. The van der Waals surface area contributed by atoms with Gasteiger partial charge in [0.2, 0.25) is 0 Å². The number of rotatable bonds is 3. The fraction of sp³-hybridized carbons (Fsp3) is 0.500. The Morgan fingerprint density at radius 1 is 1.33 bits per heavy atom. The van der Waals surface area contributed by atoms with Crippen molar-refractivity contribution in [2.75, 3.05) is 6.61 Å².